The molecule has 0 aromatic heterocycles. The fourth-order valence-electron chi connectivity index (χ4n) is 7.09. The molecule has 8 atom stereocenters. The summed E-state index contributed by atoms with van der Waals surface area (Å²) in [5.74, 6) is -0.309. The Kier molecular flexibility index (Phi) is 13.5. The normalized spacial score (nSPS) is 27.6. The van der Waals surface area contributed by atoms with Crippen molar-refractivity contribution in [2.24, 2.45) is 5.92 Å². The Bertz CT molecular complexity index is 1750. The zero-order valence-corrected chi connectivity index (χ0v) is 30.8. The van der Waals surface area contributed by atoms with Crippen LogP contribution < -0.4 is 0 Å². The van der Waals surface area contributed by atoms with Gasteiger partial charge in [-0.25, -0.2) is 8.42 Å². The van der Waals surface area contributed by atoms with Gasteiger partial charge >= 0.3 is 0 Å². The molecule has 12 heteroatoms. The van der Waals surface area contributed by atoms with Crippen LogP contribution in [0.1, 0.15) is 35.1 Å². The van der Waals surface area contributed by atoms with Crippen molar-refractivity contribution in [3.8, 4) is 0 Å². The van der Waals surface area contributed by atoms with E-state index in [1.54, 1.807) is 0 Å². The number of hydrogen-bond donors (Lipinski definition) is 0. The van der Waals surface area contributed by atoms with Crippen molar-refractivity contribution in [1.82, 2.24) is 0 Å². The first-order valence-electron chi connectivity index (χ1n) is 17.4. The van der Waals surface area contributed by atoms with Crippen LogP contribution in [0.15, 0.2) is 121 Å². The maximum Gasteiger partial charge on any atom is 0.218 e. The fraction of sp³-hybridized carbons (Fsp3) is 0.400. The van der Waals surface area contributed by atoms with Crippen molar-refractivity contribution < 1.29 is 45.6 Å². The van der Waals surface area contributed by atoms with Crippen molar-refractivity contribution in [3.63, 3.8) is 0 Å². The Balaban J connectivity index is 1.29. The Hall–Kier alpha value is -3.14. The molecule has 10 nitrogen and oxygen atoms in total. The van der Waals surface area contributed by atoms with Crippen molar-refractivity contribution >= 4 is 23.0 Å². The number of hydrogen-bond acceptors (Lipinski definition) is 10. The quantitative estimate of drug-likeness (QED) is 0.0749. The smallest absolute Gasteiger partial charge is 0.218 e. The van der Waals surface area contributed by atoms with Crippen molar-refractivity contribution in [2.45, 2.75) is 80.8 Å². The third kappa shape index (κ3) is 10.5. The van der Waals surface area contributed by atoms with Gasteiger partial charge in [0.15, 0.2) is 6.29 Å². The predicted octanol–water partition coefficient (Wildman–Crippen LogP) is 5.34. The topological polar surface area (TPSA) is 122 Å². The van der Waals surface area contributed by atoms with E-state index in [-0.39, 0.29) is 31.7 Å². The van der Waals surface area contributed by atoms with Crippen molar-refractivity contribution in [3.05, 3.63) is 144 Å². The maximum atomic E-state index is 12.1. The molecule has 0 amide bonds. The molecule has 52 heavy (non-hydrogen) atoms. The molecule has 0 radical (unpaired) electrons. The molecule has 1 saturated carbocycles. The van der Waals surface area contributed by atoms with Crippen LogP contribution in [0.25, 0.3) is 0 Å². The second-order valence-corrected chi connectivity index (χ2v) is 15.3. The van der Waals surface area contributed by atoms with Gasteiger partial charge in [-0.15, -0.1) is 0 Å². The van der Waals surface area contributed by atoms with E-state index in [4.69, 9.17) is 32.6 Å². The number of benzene rings is 4. The monoisotopic (exact) mass is 750 g/mol. The van der Waals surface area contributed by atoms with Gasteiger partial charge in [-0.2, -0.15) is 0 Å². The van der Waals surface area contributed by atoms with Crippen LogP contribution in [-0.4, -0.2) is 68.2 Å². The second-order valence-electron chi connectivity index (χ2n) is 13.3. The Morgan fingerprint density at radius 1 is 0.692 bits per heavy atom. The highest BCUT2D eigenvalue weighted by Gasteiger charge is 2.61. The van der Waals surface area contributed by atoms with Gasteiger partial charge in [-0.05, 0) is 34.9 Å². The molecule has 0 spiro atoms. The number of rotatable bonds is 18. The molecule has 278 valence electrons. The number of methoxy groups -OCH3 is 1. The molecule has 1 aliphatic heterocycles. The number of ether oxygens (including phenoxy) is 6. The van der Waals surface area contributed by atoms with E-state index in [1.165, 1.54) is 7.11 Å². The molecule has 1 saturated heterocycles. The lowest BCUT2D eigenvalue weighted by molar-refractivity contribution is -0.166. The minimum atomic E-state index is -5.16. The van der Waals surface area contributed by atoms with Gasteiger partial charge in [-0.1, -0.05) is 121 Å². The molecule has 0 N–H and O–H groups in total. The van der Waals surface area contributed by atoms with Gasteiger partial charge in [-0.3, -0.25) is 4.18 Å². The summed E-state index contributed by atoms with van der Waals surface area (Å²) >= 11 is 4.18. The van der Waals surface area contributed by atoms with Gasteiger partial charge in [0.1, 0.15) is 17.0 Å². The molecule has 6 rings (SSSR count). The average Bonchev–Trinajstić information content (AvgIpc) is 3.61. The Morgan fingerprint density at radius 3 is 1.63 bits per heavy atom. The maximum absolute atomic E-state index is 12.1. The first kappa shape index (κ1) is 38.6. The summed E-state index contributed by atoms with van der Waals surface area (Å²) in [5, 5.41) is 0. The van der Waals surface area contributed by atoms with Crippen LogP contribution in [0.4, 0.5) is 0 Å². The zero-order valence-electron chi connectivity index (χ0n) is 29.0. The summed E-state index contributed by atoms with van der Waals surface area (Å²) in [6.07, 6.45) is -4.40. The third-order valence-corrected chi connectivity index (χ3v) is 10.9. The highest BCUT2D eigenvalue weighted by molar-refractivity contribution is 7.80. The molecule has 1 aliphatic carbocycles. The summed E-state index contributed by atoms with van der Waals surface area (Å²) in [4.78, 5) is 0. The first-order chi connectivity index (χ1) is 25.2. The highest BCUT2D eigenvalue weighted by atomic mass is 32.3. The largest absolute Gasteiger partial charge is 0.726 e. The molecule has 2 fully saturated rings. The molecule has 0 bridgehead atoms. The van der Waals surface area contributed by atoms with Gasteiger partial charge in [0, 0.05) is 20.0 Å². The van der Waals surface area contributed by atoms with Crippen LogP contribution in [0.5, 0.6) is 0 Å². The molecular weight excluding hydrogens is 705 g/mol. The van der Waals surface area contributed by atoms with Crippen LogP contribution in [0, 0.1) is 5.92 Å². The van der Waals surface area contributed by atoms with E-state index in [0.29, 0.717) is 26.2 Å². The lowest BCUT2D eigenvalue weighted by atomic mass is 9.87. The van der Waals surface area contributed by atoms with Gasteiger partial charge in [0.25, 0.3) is 0 Å². The summed E-state index contributed by atoms with van der Waals surface area (Å²) in [6.45, 7) is 1.48. The third-order valence-electron chi connectivity index (χ3n) is 9.62. The molecule has 4 aromatic rings. The fourth-order valence-corrected chi connectivity index (χ4v) is 8.24. The Morgan fingerprint density at radius 2 is 1.15 bits per heavy atom. The lowest BCUT2D eigenvalue weighted by Gasteiger charge is -2.32. The lowest BCUT2D eigenvalue weighted by Crippen LogP contribution is -2.46. The zero-order chi connectivity index (χ0) is 36.4. The van der Waals surface area contributed by atoms with Crippen molar-refractivity contribution in [1.29, 1.82) is 0 Å². The van der Waals surface area contributed by atoms with Crippen LogP contribution in [0.2, 0.25) is 0 Å². The van der Waals surface area contributed by atoms with Crippen LogP contribution >= 0.6 is 0 Å². The van der Waals surface area contributed by atoms with Gasteiger partial charge in [0.2, 0.25) is 10.4 Å². The molecule has 1 unspecified atom stereocenters. The van der Waals surface area contributed by atoms with E-state index < -0.39 is 45.9 Å². The van der Waals surface area contributed by atoms with E-state index in [9.17, 15) is 13.0 Å². The molecule has 2 aliphatic rings. The molecule has 1 heterocycles. The summed E-state index contributed by atoms with van der Waals surface area (Å²) in [5.41, 5.74) is 3.90. The molecular formula is C40H46O10S2. The minimum absolute atomic E-state index is 0.125. The van der Waals surface area contributed by atoms with Crippen LogP contribution in [0.3, 0.4) is 0 Å². The predicted molar refractivity (Wildman–Crippen MR) is 197 cm³/mol. The van der Waals surface area contributed by atoms with Crippen molar-refractivity contribution in [2.75, 3.05) is 13.7 Å². The SMILES string of the molecule is CO[C@H]1O[C@H](CC2([SH2+])C[C@@H](OCc3ccccc3)[C@H](OCc3ccccc3)[C@H]2COCc2ccccc2)[C@@H](OS(=O)(=O)[O-])[C@@H]1OCc1ccccc1. The minimum Gasteiger partial charge on any atom is -0.726 e. The standard InChI is InChI=1S/C40H46O10S2/c1-44-39-38(48-27-32-20-12-5-13-21-32)37(50-52(41,42)43)35(49-39)23-40(51)22-34(46-25-30-16-8-3-9-17-30)36(47-26-31-18-10-4-11-19-31)33(40)28-45-24-29-14-6-2-7-15-29/h2-21,33-39,51H,22-28H2,1H3,(H,41,42,43)/t33-,34-,35-,36-,37-,38+,39+,40?/m1/s1. The molecule has 4 aromatic carbocycles. The first-order valence-corrected chi connectivity index (χ1v) is 19.2. The van der Waals surface area contributed by atoms with Gasteiger partial charge < -0.3 is 33.0 Å². The highest BCUT2D eigenvalue weighted by Crippen LogP contribution is 2.47. The van der Waals surface area contributed by atoms with E-state index in [0.717, 1.165) is 22.3 Å². The van der Waals surface area contributed by atoms with E-state index in [1.807, 2.05) is 121 Å². The summed E-state index contributed by atoms with van der Waals surface area (Å²) in [7, 11) is -3.72. The Labute approximate surface area is 311 Å². The summed E-state index contributed by atoms with van der Waals surface area (Å²) in [6, 6.07) is 39.1. The van der Waals surface area contributed by atoms with Crippen LogP contribution in [-0.2, 0) is 82.1 Å². The summed E-state index contributed by atoms with van der Waals surface area (Å²) < 4.78 is 78.7. The van der Waals surface area contributed by atoms with E-state index >= 15 is 0 Å². The van der Waals surface area contributed by atoms with Gasteiger partial charge in [0.05, 0.1) is 57.3 Å². The average molecular weight is 751 g/mol. The second kappa shape index (κ2) is 18.3. The van der Waals surface area contributed by atoms with E-state index in [2.05, 4.69) is 12.6 Å².